The quantitative estimate of drug-likeness (QED) is 0.471. The van der Waals surface area contributed by atoms with Crippen LogP contribution >= 0.6 is 0 Å². The number of nitrogens with one attached hydrogen (secondary N) is 1. The number of rotatable bonds is 4. The molecule has 1 N–H and O–H groups in total. The first kappa shape index (κ1) is 22.8. The van der Waals surface area contributed by atoms with Crippen LogP contribution in [-0.4, -0.2) is 17.5 Å². The van der Waals surface area contributed by atoms with E-state index in [4.69, 9.17) is 4.42 Å². The first-order chi connectivity index (χ1) is 16.8. The van der Waals surface area contributed by atoms with Gasteiger partial charge < -0.3 is 9.73 Å². The Kier molecular flexibility index (Phi) is 5.67. The second-order valence-corrected chi connectivity index (χ2v) is 9.92. The Bertz CT molecular complexity index is 1340. The zero-order chi connectivity index (χ0) is 24.7. The van der Waals surface area contributed by atoms with Crippen molar-refractivity contribution in [1.82, 2.24) is 0 Å². The number of Topliss-reactive ketones (excluding diaryl/α,β-unsaturated/α-hetero) is 1. The lowest BCUT2D eigenvalue weighted by atomic mass is 9.74. The third-order valence-corrected chi connectivity index (χ3v) is 6.68. The van der Waals surface area contributed by atoms with Crippen molar-refractivity contribution < 1.29 is 18.8 Å². The van der Waals surface area contributed by atoms with Gasteiger partial charge in [-0.15, -0.1) is 0 Å². The second-order valence-electron chi connectivity index (χ2n) is 9.92. The maximum atomic E-state index is 13.5. The minimum atomic E-state index is -0.680. The molecule has 2 aromatic carbocycles. The van der Waals surface area contributed by atoms with Gasteiger partial charge in [0.25, 0.3) is 0 Å². The first-order valence-electron chi connectivity index (χ1n) is 11.9. The number of carbonyl (C=O) groups is 3. The number of amides is 1. The summed E-state index contributed by atoms with van der Waals surface area (Å²) in [6.07, 6.45) is 2.83. The molecule has 1 aliphatic heterocycles. The van der Waals surface area contributed by atoms with Crippen molar-refractivity contribution in [1.29, 1.82) is 0 Å². The van der Waals surface area contributed by atoms with Crippen LogP contribution in [0.3, 0.4) is 0 Å². The highest BCUT2D eigenvalue weighted by atomic mass is 16.3. The summed E-state index contributed by atoms with van der Waals surface area (Å²) in [6.45, 7) is 5.93. The van der Waals surface area contributed by atoms with Crippen molar-refractivity contribution in [3.05, 3.63) is 95.1 Å². The standard InChI is InChI=1S/C29H28N2O4/c1-4-25(33)31-22-13-12-19(28(34)18-9-6-5-7-10-18)15-20(22)30-21-16-29(2,3)17-23(32)26(21)27(31)24-11-8-14-35-24/h5-15,27,30H,4,16-17H2,1-3H3/t27-/m1/s1. The summed E-state index contributed by atoms with van der Waals surface area (Å²) in [7, 11) is 0. The van der Waals surface area contributed by atoms with E-state index >= 15 is 0 Å². The molecule has 1 aromatic heterocycles. The number of anilines is 2. The predicted octanol–water partition coefficient (Wildman–Crippen LogP) is 6.06. The monoisotopic (exact) mass is 468 g/mol. The molecule has 2 aliphatic rings. The van der Waals surface area contributed by atoms with E-state index in [1.165, 1.54) is 0 Å². The fraction of sp³-hybridized carbons (Fsp3) is 0.276. The van der Waals surface area contributed by atoms with Gasteiger partial charge in [0, 0.05) is 35.2 Å². The molecule has 3 aromatic rings. The van der Waals surface area contributed by atoms with E-state index in [-0.39, 0.29) is 29.3 Å². The molecular weight excluding hydrogens is 440 g/mol. The van der Waals surface area contributed by atoms with E-state index in [2.05, 4.69) is 19.2 Å². The minimum Gasteiger partial charge on any atom is -0.467 e. The molecule has 2 heterocycles. The highest BCUT2D eigenvalue weighted by Crippen LogP contribution is 2.48. The summed E-state index contributed by atoms with van der Waals surface area (Å²) < 4.78 is 5.78. The number of hydrogen-bond donors (Lipinski definition) is 1. The van der Waals surface area contributed by atoms with Crippen molar-refractivity contribution in [3.8, 4) is 0 Å². The Morgan fingerprint density at radius 3 is 2.49 bits per heavy atom. The smallest absolute Gasteiger partial charge is 0.227 e. The number of ketones is 2. The van der Waals surface area contributed by atoms with Crippen molar-refractivity contribution in [2.75, 3.05) is 10.2 Å². The number of benzene rings is 2. The van der Waals surface area contributed by atoms with Crippen LogP contribution in [0.2, 0.25) is 0 Å². The molecule has 0 saturated carbocycles. The van der Waals surface area contributed by atoms with Gasteiger partial charge in [-0.1, -0.05) is 51.1 Å². The zero-order valence-electron chi connectivity index (χ0n) is 20.1. The lowest BCUT2D eigenvalue weighted by Crippen LogP contribution is -2.39. The van der Waals surface area contributed by atoms with Crippen LogP contribution in [0.5, 0.6) is 0 Å². The molecular formula is C29H28N2O4. The fourth-order valence-electron chi connectivity index (χ4n) is 5.10. The first-order valence-corrected chi connectivity index (χ1v) is 11.9. The lowest BCUT2D eigenvalue weighted by molar-refractivity contribution is -0.119. The van der Waals surface area contributed by atoms with Crippen LogP contribution in [0.1, 0.15) is 67.8 Å². The van der Waals surface area contributed by atoms with Crippen LogP contribution in [0, 0.1) is 5.41 Å². The maximum Gasteiger partial charge on any atom is 0.227 e. The molecule has 6 nitrogen and oxygen atoms in total. The summed E-state index contributed by atoms with van der Waals surface area (Å²) in [5, 5.41) is 3.47. The molecule has 6 heteroatoms. The second kappa shape index (κ2) is 8.69. The van der Waals surface area contributed by atoms with Gasteiger partial charge in [0.05, 0.1) is 17.6 Å². The highest BCUT2D eigenvalue weighted by molar-refractivity contribution is 6.11. The third kappa shape index (κ3) is 4.09. The number of furan rings is 1. The van der Waals surface area contributed by atoms with Crippen molar-refractivity contribution in [2.24, 2.45) is 5.41 Å². The van der Waals surface area contributed by atoms with Gasteiger partial charge in [0.15, 0.2) is 11.6 Å². The molecule has 5 rings (SSSR count). The van der Waals surface area contributed by atoms with Crippen LogP contribution in [-0.2, 0) is 9.59 Å². The molecule has 0 unspecified atom stereocenters. The van der Waals surface area contributed by atoms with Crippen LogP contribution < -0.4 is 10.2 Å². The molecule has 178 valence electrons. The van der Waals surface area contributed by atoms with Crippen LogP contribution in [0.15, 0.2) is 82.6 Å². The van der Waals surface area contributed by atoms with Gasteiger partial charge in [-0.2, -0.15) is 0 Å². The van der Waals surface area contributed by atoms with Gasteiger partial charge in [-0.05, 0) is 42.2 Å². The van der Waals surface area contributed by atoms with E-state index in [1.807, 2.05) is 18.2 Å². The number of carbonyl (C=O) groups excluding carboxylic acids is 3. The SMILES string of the molecule is CCC(=O)N1c2ccc(C(=O)c3ccccc3)cc2NC2=C(C(=O)CC(C)(C)C2)[C@H]1c1ccco1. The molecule has 0 bridgehead atoms. The topological polar surface area (TPSA) is 79.6 Å². The van der Waals surface area contributed by atoms with E-state index in [9.17, 15) is 14.4 Å². The Labute approximate surface area is 204 Å². The third-order valence-electron chi connectivity index (χ3n) is 6.68. The fourth-order valence-corrected chi connectivity index (χ4v) is 5.10. The molecule has 0 spiro atoms. The Balaban J connectivity index is 1.72. The molecule has 1 amide bonds. The summed E-state index contributed by atoms with van der Waals surface area (Å²) in [6, 6.07) is 17.3. The normalized spacial score (nSPS) is 18.9. The number of nitrogens with zero attached hydrogens (tertiary/aromatic N) is 1. The van der Waals surface area contributed by atoms with Gasteiger partial charge >= 0.3 is 0 Å². The van der Waals surface area contributed by atoms with Crippen molar-refractivity contribution in [2.45, 2.75) is 46.1 Å². The summed E-state index contributed by atoms with van der Waals surface area (Å²) in [5.74, 6) is 0.284. The van der Waals surface area contributed by atoms with Crippen molar-refractivity contribution >= 4 is 28.8 Å². The molecule has 0 saturated heterocycles. The lowest BCUT2D eigenvalue weighted by Gasteiger charge is -2.36. The van der Waals surface area contributed by atoms with E-state index in [0.29, 0.717) is 46.7 Å². The number of allylic oxidation sites excluding steroid dienone is 1. The van der Waals surface area contributed by atoms with Gasteiger partial charge in [-0.3, -0.25) is 19.3 Å². The van der Waals surface area contributed by atoms with Crippen molar-refractivity contribution in [3.63, 3.8) is 0 Å². The molecule has 0 radical (unpaired) electrons. The number of hydrogen-bond acceptors (Lipinski definition) is 5. The van der Waals surface area contributed by atoms with E-state index in [1.54, 1.807) is 60.6 Å². The average Bonchev–Trinajstić information content (AvgIpc) is 3.32. The Morgan fingerprint density at radius 1 is 1.03 bits per heavy atom. The largest absolute Gasteiger partial charge is 0.467 e. The summed E-state index contributed by atoms with van der Waals surface area (Å²) in [4.78, 5) is 41.8. The maximum absolute atomic E-state index is 13.5. The Hall–Kier alpha value is -3.93. The predicted molar refractivity (Wildman–Crippen MR) is 134 cm³/mol. The van der Waals surface area contributed by atoms with E-state index in [0.717, 1.165) is 5.70 Å². The van der Waals surface area contributed by atoms with Gasteiger partial charge in [0.1, 0.15) is 11.8 Å². The zero-order valence-corrected chi connectivity index (χ0v) is 20.1. The van der Waals surface area contributed by atoms with Crippen LogP contribution in [0.4, 0.5) is 11.4 Å². The molecule has 1 aliphatic carbocycles. The average molecular weight is 469 g/mol. The van der Waals surface area contributed by atoms with Gasteiger partial charge in [-0.25, -0.2) is 0 Å². The molecule has 35 heavy (non-hydrogen) atoms. The van der Waals surface area contributed by atoms with E-state index < -0.39 is 6.04 Å². The summed E-state index contributed by atoms with van der Waals surface area (Å²) >= 11 is 0. The van der Waals surface area contributed by atoms with Gasteiger partial charge in [0.2, 0.25) is 5.91 Å². The molecule has 0 fully saturated rings. The number of fused-ring (bicyclic) bond motifs is 1. The highest BCUT2D eigenvalue weighted by Gasteiger charge is 2.44. The summed E-state index contributed by atoms with van der Waals surface area (Å²) in [5.41, 5.74) is 3.41. The minimum absolute atomic E-state index is 0.00700. The molecule has 1 atom stereocenters. The van der Waals surface area contributed by atoms with Crippen LogP contribution in [0.25, 0.3) is 0 Å². The Morgan fingerprint density at radius 2 is 1.80 bits per heavy atom.